The van der Waals surface area contributed by atoms with Crippen LogP contribution >= 0.6 is 0 Å². The number of hydrogen-bond acceptors (Lipinski definition) is 3. The zero-order chi connectivity index (χ0) is 13.4. The van der Waals surface area contributed by atoms with Gasteiger partial charge in [0.15, 0.2) is 0 Å². The van der Waals surface area contributed by atoms with E-state index in [0.29, 0.717) is 6.42 Å². The molecule has 1 amide bonds. The number of rotatable bonds is 2. The minimum Gasteiger partial charge on any atom is -0.399 e. The second-order valence-electron chi connectivity index (χ2n) is 5.32. The van der Waals surface area contributed by atoms with E-state index in [1.165, 1.54) is 0 Å². The molecule has 1 aromatic carbocycles. The van der Waals surface area contributed by atoms with Crippen LogP contribution in [-0.4, -0.2) is 22.9 Å². The highest BCUT2D eigenvalue weighted by Gasteiger charge is 2.39. The van der Waals surface area contributed by atoms with Gasteiger partial charge in [-0.15, -0.1) is 0 Å². The number of hydrogen-bond donors (Lipinski definition) is 2. The summed E-state index contributed by atoms with van der Waals surface area (Å²) >= 11 is 0. The van der Waals surface area contributed by atoms with E-state index in [-0.39, 0.29) is 24.0 Å². The van der Waals surface area contributed by atoms with Crippen molar-refractivity contribution in [2.45, 2.75) is 45.3 Å². The number of anilines is 1. The summed E-state index contributed by atoms with van der Waals surface area (Å²) in [7, 11) is 0. The van der Waals surface area contributed by atoms with Crippen LogP contribution < -0.4 is 11.5 Å². The maximum atomic E-state index is 12.0. The number of nitrogens with two attached hydrogens (primary N) is 2. The summed E-state index contributed by atoms with van der Waals surface area (Å²) in [5.41, 5.74) is 14.9. The molecule has 0 radical (unpaired) electrons. The number of benzene rings is 1. The molecule has 18 heavy (non-hydrogen) atoms. The van der Waals surface area contributed by atoms with Gasteiger partial charge >= 0.3 is 0 Å². The standard InChI is InChI=1S/C14H21N3O/c1-8(2)17-13(18)7-12(16)14(17)10-5-4-9(3)11(15)6-10/h4-6,8,12,14H,7,15-16H2,1-3H3. The molecule has 0 spiro atoms. The number of nitrogens with zero attached hydrogens (tertiary/aromatic N) is 1. The Labute approximate surface area is 108 Å². The first-order chi connectivity index (χ1) is 8.41. The van der Waals surface area contributed by atoms with Crippen molar-refractivity contribution in [3.63, 3.8) is 0 Å². The van der Waals surface area contributed by atoms with E-state index in [9.17, 15) is 4.79 Å². The highest BCUT2D eigenvalue weighted by Crippen LogP contribution is 2.34. The molecule has 4 nitrogen and oxygen atoms in total. The summed E-state index contributed by atoms with van der Waals surface area (Å²) in [6, 6.07) is 5.89. The van der Waals surface area contributed by atoms with Gasteiger partial charge < -0.3 is 16.4 Å². The summed E-state index contributed by atoms with van der Waals surface area (Å²) < 4.78 is 0. The molecule has 1 saturated heterocycles. The lowest BCUT2D eigenvalue weighted by molar-refractivity contribution is -0.130. The van der Waals surface area contributed by atoms with Gasteiger partial charge in [0.25, 0.3) is 0 Å². The molecule has 2 rings (SSSR count). The molecule has 0 aliphatic carbocycles. The monoisotopic (exact) mass is 247 g/mol. The number of aryl methyl sites for hydroxylation is 1. The third kappa shape index (κ3) is 2.08. The van der Waals surface area contributed by atoms with Crippen LogP contribution in [0.1, 0.15) is 37.4 Å². The smallest absolute Gasteiger partial charge is 0.225 e. The van der Waals surface area contributed by atoms with Gasteiger partial charge in [-0.05, 0) is 38.0 Å². The van der Waals surface area contributed by atoms with E-state index < -0.39 is 0 Å². The van der Waals surface area contributed by atoms with Crippen LogP contribution in [0.25, 0.3) is 0 Å². The molecular formula is C14H21N3O. The molecule has 2 unspecified atom stereocenters. The van der Waals surface area contributed by atoms with Crippen molar-refractivity contribution >= 4 is 11.6 Å². The lowest BCUT2D eigenvalue weighted by Gasteiger charge is -2.31. The first kappa shape index (κ1) is 12.9. The van der Waals surface area contributed by atoms with Gasteiger partial charge in [-0.25, -0.2) is 0 Å². The number of carbonyl (C=O) groups excluding carboxylic acids is 1. The molecule has 0 aromatic heterocycles. The van der Waals surface area contributed by atoms with Crippen LogP contribution in [-0.2, 0) is 4.79 Å². The molecule has 0 saturated carbocycles. The molecule has 1 aromatic rings. The summed E-state index contributed by atoms with van der Waals surface area (Å²) in [6.07, 6.45) is 0.413. The predicted molar refractivity (Wildman–Crippen MR) is 72.9 cm³/mol. The Morgan fingerprint density at radius 2 is 2.06 bits per heavy atom. The molecule has 1 aliphatic rings. The van der Waals surface area contributed by atoms with Gasteiger partial charge in [0.2, 0.25) is 5.91 Å². The lowest BCUT2D eigenvalue weighted by Crippen LogP contribution is -2.37. The van der Waals surface area contributed by atoms with Gasteiger partial charge in [0.1, 0.15) is 0 Å². The van der Waals surface area contributed by atoms with E-state index in [4.69, 9.17) is 11.5 Å². The topological polar surface area (TPSA) is 72.4 Å². The maximum Gasteiger partial charge on any atom is 0.225 e. The van der Waals surface area contributed by atoms with Gasteiger partial charge in [0.05, 0.1) is 6.04 Å². The second-order valence-corrected chi connectivity index (χ2v) is 5.32. The van der Waals surface area contributed by atoms with Gasteiger partial charge in [-0.1, -0.05) is 12.1 Å². The second kappa shape index (κ2) is 4.61. The Kier molecular flexibility index (Phi) is 3.30. The Morgan fingerprint density at radius 1 is 1.39 bits per heavy atom. The van der Waals surface area contributed by atoms with Crippen LogP contribution in [0.5, 0.6) is 0 Å². The highest BCUT2D eigenvalue weighted by molar-refractivity contribution is 5.80. The fourth-order valence-corrected chi connectivity index (χ4v) is 2.64. The Balaban J connectivity index is 2.40. The van der Waals surface area contributed by atoms with E-state index in [1.807, 2.05) is 43.9 Å². The van der Waals surface area contributed by atoms with Gasteiger partial charge in [-0.2, -0.15) is 0 Å². The summed E-state index contributed by atoms with van der Waals surface area (Å²) in [4.78, 5) is 13.8. The number of carbonyl (C=O) groups is 1. The number of nitrogen functional groups attached to an aromatic ring is 1. The highest BCUT2D eigenvalue weighted by atomic mass is 16.2. The van der Waals surface area contributed by atoms with E-state index in [1.54, 1.807) is 0 Å². The van der Waals surface area contributed by atoms with Gasteiger partial charge in [-0.3, -0.25) is 4.79 Å². The zero-order valence-corrected chi connectivity index (χ0v) is 11.2. The average Bonchev–Trinajstić information content (AvgIpc) is 2.57. The molecule has 2 atom stereocenters. The normalized spacial score (nSPS) is 24.1. The molecule has 4 heteroatoms. The van der Waals surface area contributed by atoms with E-state index in [0.717, 1.165) is 16.8 Å². The van der Waals surface area contributed by atoms with Crippen LogP contribution in [0.15, 0.2) is 18.2 Å². The van der Waals surface area contributed by atoms with Crippen molar-refractivity contribution in [1.82, 2.24) is 4.90 Å². The minimum absolute atomic E-state index is 0.0552. The Morgan fingerprint density at radius 3 is 2.61 bits per heavy atom. The molecule has 0 bridgehead atoms. The largest absolute Gasteiger partial charge is 0.399 e. The molecule has 1 fully saturated rings. The fraction of sp³-hybridized carbons (Fsp3) is 0.500. The van der Waals surface area contributed by atoms with Crippen molar-refractivity contribution in [2.24, 2.45) is 5.73 Å². The maximum absolute atomic E-state index is 12.0. The van der Waals surface area contributed by atoms with E-state index in [2.05, 4.69) is 0 Å². The first-order valence-electron chi connectivity index (χ1n) is 6.34. The molecular weight excluding hydrogens is 226 g/mol. The lowest BCUT2D eigenvalue weighted by atomic mass is 9.98. The van der Waals surface area contributed by atoms with Crippen molar-refractivity contribution in [1.29, 1.82) is 0 Å². The Bertz CT molecular complexity index is 470. The quantitative estimate of drug-likeness (QED) is 0.779. The average molecular weight is 247 g/mol. The summed E-state index contributed by atoms with van der Waals surface area (Å²) in [5, 5.41) is 0. The zero-order valence-electron chi connectivity index (χ0n) is 11.2. The van der Waals surface area contributed by atoms with Crippen LogP contribution in [0.2, 0.25) is 0 Å². The molecule has 98 valence electrons. The van der Waals surface area contributed by atoms with Crippen molar-refractivity contribution < 1.29 is 4.79 Å². The van der Waals surface area contributed by atoms with Crippen LogP contribution in [0, 0.1) is 6.92 Å². The molecule has 1 aliphatic heterocycles. The fourth-order valence-electron chi connectivity index (χ4n) is 2.64. The first-order valence-corrected chi connectivity index (χ1v) is 6.34. The molecule has 4 N–H and O–H groups in total. The van der Waals surface area contributed by atoms with Crippen LogP contribution in [0.3, 0.4) is 0 Å². The van der Waals surface area contributed by atoms with Crippen molar-refractivity contribution in [3.05, 3.63) is 29.3 Å². The third-order valence-corrected chi connectivity index (χ3v) is 3.60. The van der Waals surface area contributed by atoms with Crippen molar-refractivity contribution in [3.8, 4) is 0 Å². The predicted octanol–water partition coefficient (Wildman–Crippen LogP) is 1.59. The Hall–Kier alpha value is -1.55. The molecule has 1 heterocycles. The van der Waals surface area contributed by atoms with Crippen LogP contribution in [0.4, 0.5) is 5.69 Å². The van der Waals surface area contributed by atoms with E-state index >= 15 is 0 Å². The number of amides is 1. The number of likely N-dealkylation sites (tertiary alicyclic amines) is 1. The van der Waals surface area contributed by atoms with Gasteiger partial charge in [0, 0.05) is 24.2 Å². The summed E-state index contributed by atoms with van der Waals surface area (Å²) in [5.74, 6) is 0.127. The third-order valence-electron chi connectivity index (χ3n) is 3.60. The minimum atomic E-state index is -0.151. The SMILES string of the molecule is Cc1ccc(C2C(N)CC(=O)N2C(C)C)cc1N. The van der Waals surface area contributed by atoms with Crippen molar-refractivity contribution in [2.75, 3.05) is 5.73 Å². The summed E-state index contributed by atoms with van der Waals surface area (Å²) in [6.45, 7) is 6.00.